The van der Waals surface area contributed by atoms with Crippen LogP contribution in [-0.4, -0.2) is 13.1 Å². The molecule has 0 aliphatic rings. The van der Waals surface area contributed by atoms with Gasteiger partial charge >= 0.3 is 6.03 Å². The zero-order chi connectivity index (χ0) is 15.4. The quantitative estimate of drug-likeness (QED) is 0.939. The Balaban J connectivity index is 2.04. The molecule has 0 unspecified atom stereocenters. The highest BCUT2D eigenvalue weighted by Gasteiger charge is 2.06. The highest BCUT2D eigenvalue weighted by atomic mass is 19.1. The Kier molecular flexibility index (Phi) is 4.42. The maximum Gasteiger partial charge on any atom is 0.318 e. The second kappa shape index (κ2) is 6.26. The summed E-state index contributed by atoms with van der Waals surface area (Å²) in [7, 11) is 1.59. The fraction of sp³-hybridized carbons (Fsp3) is 0.188. The summed E-state index contributed by atoms with van der Waals surface area (Å²) in [6, 6.07) is 11.0. The molecule has 0 atom stereocenters. The number of rotatable bonds is 4. The predicted molar refractivity (Wildman–Crippen MR) is 79.9 cm³/mol. The van der Waals surface area contributed by atoms with Gasteiger partial charge in [-0.1, -0.05) is 6.07 Å². The molecule has 0 spiro atoms. The first-order valence-corrected chi connectivity index (χ1v) is 6.48. The van der Waals surface area contributed by atoms with Crippen molar-refractivity contribution in [2.75, 3.05) is 11.9 Å². The van der Waals surface area contributed by atoms with Gasteiger partial charge < -0.3 is 10.5 Å². The highest BCUT2D eigenvalue weighted by molar-refractivity contribution is 5.90. The SMILES string of the molecule is Cc1ccc(F)cc1COc1ccc(N(C)C(N)=O)cc1. The molecule has 2 amide bonds. The van der Waals surface area contributed by atoms with Crippen LogP contribution >= 0.6 is 0 Å². The highest BCUT2D eigenvalue weighted by Crippen LogP contribution is 2.20. The van der Waals surface area contributed by atoms with Gasteiger partial charge in [0.2, 0.25) is 0 Å². The van der Waals surface area contributed by atoms with Crippen LogP contribution in [0.25, 0.3) is 0 Å². The van der Waals surface area contributed by atoms with Crippen LogP contribution in [0.5, 0.6) is 5.75 Å². The lowest BCUT2D eigenvalue weighted by molar-refractivity contribution is 0.255. The molecule has 2 aromatic carbocycles. The van der Waals surface area contributed by atoms with Gasteiger partial charge in [0.1, 0.15) is 18.2 Å². The Morgan fingerprint density at radius 1 is 1.24 bits per heavy atom. The maximum absolute atomic E-state index is 13.2. The van der Waals surface area contributed by atoms with Gasteiger partial charge in [-0.3, -0.25) is 4.90 Å². The normalized spacial score (nSPS) is 10.2. The van der Waals surface area contributed by atoms with E-state index in [4.69, 9.17) is 10.5 Å². The zero-order valence-electron chi connectivity index (χ0n) is 12.0. The van der Waals surface area contributed by atoms with Crippen molar-refractivity contribution in [2.45, 2.75) is 13.5 Å². The van der Waals surface area contributed by atoms with Crippen molar-refractivity contribution < 1.29 is 13.9 Å². The number of ether oxygens (including phenoxy) is 1. The lowest BCUT2D eigenvalue weighted by Crippen LogP contribution is -2.31. The van der Waals surface area contributed by atoms with Crippen LogP contribution < -0.4 is 15.4 Å². The average molecular weight is 288 g/mol. The van der Waals surface area contributed by atoms with Crippen LogP contribution in [0, 0.1) is 12.7 Å². The molecule has 0 saturated heterocycles. The van der Waals surface area contributed by atoms with Gasteiger partial charge in [-0.05, 0) is 54.4 Å². The number of benzene rings is 2. The molecule has 5 heteroatoms. The molecule has 0 aliphatic heterocycles. The molecule has 0 bridgehead atoms. The van der Waals surface area contributed by atoms with Gasteiger partial charge in [0.15, 0.2) is 0 Å². The summed E-state index contributed by atoms with van der Waals surface area (Å²) in [6.07, 6.45) is 0. The molecule has 0 aromatic heterocycles. The van der Waals surface area contributed by atoms with E-state index in [0.717, 1.165) is 11.1 Å². The number of aryl methyl sites for hydroxylation is 1. The number of primary amides is 1. The molecule has 4 nitrogen and oxygen atoms in total. The number of anilines is 1. The molecule has 21 heavy (non-hydrogen) atoms. The fourth-order valence-electron chi connectivity index (χ4n) is 1.85. The van der Waals surface area contributed by atoms with Crippen molar-refractivity contribution in [3.05, 3.63) is 59.4 Å². The van der Waals surface area contributed by atoms with Gasteiger partial charge in [-0.2, -0.15) is 0 Å². The number of nitrogens with zero attached hydrogens (tertiary/aromatic N) is 1. The standard InChI is InChI=1S/C16H17FN2O2/c1-11-3-4-13(17)9-12(11)10-21-15-7-5-14(6-8-15)19(2)16(18)20/h3-9H,10H2,1-2H3,(H2,18,20). The molecule has 2 N–H and O–H groups in total. The Labute approximate surface area is 122 Å². The van der Waals surface area contributed by atoms with E-state index in [1.807, 2.05) is 6.92 Å². The molecule has 0 saturated carbocycles. The second-order valence-corrected chi connectivity index (χ2v) is 4.75. The number of amides is 2. The molecule has 0 fully saturated rings. The minimum Gasteiger partial charge on any atom is -0.489 e. The summed E-state index contributed by atoms with van der Waals surface area (Å²) in [5.41, 5.74) is 7.64. The van der Waals surface area contributed by atoms with E-state index in [1.165, 1.54) is 17.0 Å². The largest absolute Gasteiger partial charge is 0.489 e. The van der Waals surface area contributed by atoms with Gasteiger partial charge in [-0.25, -0.2) is 9.18 Å². The van der Waals surface area contributed by atoms with Gasteiger partial charge in [0.25, 0.3) is 0 Å². The first-order valence-electron chi connectivity index (χ1n) is 6.48. The first kappa shape index (κ1) is 14.8. The monoisotopic (exact) mass is 288 g/mol. The average Bonchev–Trinajstić information content (AvgIpc) is 2.48. The van der Waals surface area contributed by atoms with Crippen LogP contribution in [0.4, 0.5) is 14.9 Å². The Morgan fingerprint density at radius 2 is 1.90 bits per heavy atom. The lowest BCUT2D eigenvalue weighted by Gasteiger charge is -2.15. The van der Waals surface area contributed by atoms with E-state index in [1.54, 1.807) is 37.4 Å². The van der Waals surface area contributed by atoms with E-state index in [2.05, 4.69) is 0 Å². The molecule has 2 aromatic rings. The number of hydrogen-bond acceptors (Lipinski definition) is 2. The van der Waals surface area contributed by atoms with E-state index in [0.29, 0.717) is 11.4 Å². The topological polar surface area (TPSA) is 55.6 Å². The number of carbonyl (C=O) groups is 1. The van der Waals surface area contributed by atoms with Crippen molar-refractivity contribution >= 4 is 11.7 Å². The summed E-state index contributed by atoms with van der Waals surface area (Å²) in [5.74, 6) is 0.359. The maximum atomic E-state index is 13.2. The number of halogens is 1. The minimum absolute atomic E-state index is 0.280. The Hall–Kier alpha value is -2.56. The zero-order valence-corrected chi connectivity index (χ0v) is 12.0. The van der Waals surface area contributed by atoms with Crippen LogP contribution in [0.2, 0.25) is 0 Å². The number of urea groups is 1. The minimum atomic E-state index is -0.529. The Morgan fingerprint density at radius 3 is 2.52 bits per heavy atom. The summed E-state index contributed by atoms with van der Waals surface area (Å²) in [4.78, 5) is 12.4. The van der Waals surface area contributed by atoms with Crippen molar-refractivity contribution in [1.29, 1.82) is 0 Å². The van der Waals surface area contributed by atoms with E-state index >= 15 is 0 Å². The third-order valence-corrected chi connectivity index (χ3v) is 3.26. The molecular weight excluding hydrogens is 271 g/mol. The van der Waals surface area contributed by atoms with Crippen LogP contribution in [0.1, 0.15) is 11.1 Å². The van der Waals surface area contributed by atoms with E-state index in [-0.39, 0.29) is 12.4 Å². The molecule has 0 heterocycles. The van der Waals surface area contributed by atoms with Crippen LogP contribution in [0.15, 0.2) is 42.5 Å². The number of hydrogen-bond donors (Lipinski definition) is 1. The second-order valence-electron chi connectivity index (χ2n) is 4.75. The van der Waals surface area contributed by atoms with Crippen molar-refractivity contribution in [1.82, 2.24) is 0 Å². The molecular formula is C16H17FN2O2. The van der Waals surface area contributed by atoms with E-state index in [9.17, 15) is 9.18 Å². The van der Waals surface area contributed by atoms with E-state index < -0.39 is 6.03 Å². The third kappa shape index (κ3) is 3.72. The molecule has 2 rings (SSSR count). The van der Waals surface area contributed by atoms with Crippen LogP contribution in [0.3, 0.4) is 0 Å². The first-order chi connectivity index (χ1) is 9.97. The molecule has 110 valence electrons. The smallest absolute Gasteiger partial charge is 0.318 e. The summed E-state index contributed by atoms with van der Waals surface area (Å²) in [5, 5.41) is 0. The number of carbonyl (C=O) groups excluding carboxylic acids is 1. The van der Waals surface area contributed by atoms with Crippen LogP contribution in [-0.2, 0) is 6.61 Å². The summed E-state index contributed by atoms with van der Waals surface area (Å²) >= 11 is 0. The summed E-state index contributed by atoms with van der Waals surface area (Å²) in [6.45, 7) is 2.19. The van der Waals surface area contributed by atoms with Crippen molar-refractivity contribution in [2.24, 2.45) is 5.73 Å². The Bertz CT molecular complexity index is 641. The van der Waals surface area contributed by atoms with Gasteiger partial charge in [0, 0.05) is 12.7 Å². The van der Waals surface area contributed by atoms with Crippen molar-refractivity contribution in [3.63, 3.8) is 0 Å². The molecule has 0 radical (unpaired) electrons. The number of nitrogens with two attached hydrogens (primary N) is 1. The predicted octanol–water partition coefficient (Wildman–Crippen LogP) is 3.23. The fourth-order valence-corrected chi connectivity index (χ4v) is 1.85. The van der Waals surface area contributed by atoms with Gasteiger partial charge in [-0.15, -0.1) is 0 Å². The molecule has 0 aliphatic carbocycles. The summed E-state index contributed by atoms with van der Waals surface area (Å²) < 4.78 is 18.8. The third-order valence-electron chi connectivity index (χ3n) is 3.26. The van der Waals surface area contributed by atoms with Crippen molar-refractivity contribution in [3.8, 4) is 5.75 Å². The lowest BCUT2D eigenvalue weighted by atomic mass is 10.1. The van der Waals surface area contributed by atoms with Gasteiger partial charge in [0.05, 0.1) is 0 Å².